The lowest BCUT2D eigenvalue weighted by molar-refractivity contribution is 0.469. The Morgan fingerprint density at radius 2 is 1.59 bits per heavy atom. The van der Waals surface area contributed by atoms with Gasteiger partial charge in [-0.2, -0.15) is 0 Å². The smallest absolute Gasteiger partial charge is 0.119 e. The lowest BCUT2D eigenvalue weighted by Gasteiger charge is -2.07. The number of phenolic OH excluding ortho intramolecular Hbond substituents is 1. The molecule has 0 saturated carbocycles. The topological polar surface area (TPSA) is 51.8 Å². The summed E-state index contributed by atoms with van der Waals surface area (Å²) in [5.74, 6) is 0.307. The van der Waals surface area contributed by atoms with E-state index in [-0.39, 0.29) is 0 Å². The van der Waals surface area contributed by atoms with Crippen LogP contribution < -0.4 is 0 Å². The molecule has 0 radical (unpaired) electrons. The molecule has 0 aliphatic rings. The van der Waals surface area contributed by atoms with Crippen LogP contribution in [-0.2, 0) is 6.42 Å². The fourth-order valence-electron chi connectivity index (χ4n) is 3.80. The molecule has 2 aromatic heterocycles. The van der Waals surface area contributed by atoms with Crippen molar-refractivity contribution < 1.29 is 5.11 Å². The molecule has 0 amide bonds. The van der Waals surface area contributed by atoms with Crippen LogP contribution in [0.15, 0.2) is 77.4 Å². The van der Waals surface area contributed by atoms with Crippen LogP contribution in [0.2, 0.25) is 0 Å². The molecule has 0 bridgehead atoms. The van der Waals surface area contributed by atoms with E-state index in [2.05, 4.69) is 68.5 Å². The molecule has 132 valence electrons. The van der Waals surface area contributed by atoms with Crippen LogP contribution in [0.1, 0.15) is 11.3 Å². The van der Waals surface area contributed by atoms with Crippen LogP contribution in [0.4, 0.5) is 0 Å². The summed E-state index contributed by atoms with van der Waals surface area (Å²) in [7, 11) is 0. The van der Waals surface area contributed by atoms with E-state index in [1.54, 1.807) is 6.07 Å². The number of rotatable bonds is 3. The number of phenols is 1. The number of aromatic hydroxyl groups is 1. The first-order chi connectivity index (χ1) is 13.2. The van der Waals surface area contributed by atoms with E-state index in [0.717, 1.165) is 26.8 Å². The molecular formula is C23H17BrN2O. The van der Waals surface area contributed by atoms with Gasteiger partial charge in [-0.15, -0.1) is 0 Å². The Labute approximate surface area is 164 Å². The number of halogens is 1. The minimum absolute atomic E-state index is 0.307. The number of nitrogens with one attached hydrogen (secondary N) is 2. The van der Waals surface area contributed by atoms with Gasteiger partial charge in [-0.3, -0.25) is 0 Å². The maximum Gasteiger partial charge on any atom is 0.119 e. The number of hydrogen-bond acceptors (Lipinski definition) is 1. The number of para-hydroxylation sites is 2. The fourth-order valence-corrected chi connectivity index (χ4v) is 4.21. The van der Waals surface area contributed by atoms with E-state index in [0.29, 0.717) is 12.2 Å². The van der Waals surface area contributed by atoms with Gasteiger partial charge in [0.25, 0.3) is 0 Å². The first-order valence-electron chi connectivity index (χ1n) is 8.84. The normalized spacial score (nSPS) is 11.4. The van der Waals surface area contributed by atoms with Crippen molar-refractivity contribution >= 4 is 37.7 Å². The van der Waals surface area contributed by atoms with Crippen molar-refractivity contribution in [3.63, 3.8) is 0 Å². The minimum Gasteiger partial charge on any atom is -0.508 e. The van der Waals surface area contributed by atoms with Gasteiger partial charge in [-0.05, 0) is 30.3 Å². The third kappa shape index (κ3) is 2.73. The molecule has 0 aliphatic heterocycles. The van der Waals surface area contributed by atoms with E-state index in [1.165, 1.54) is 21.9 Å². The molecule has 5 rings (SSSR count). The molecule has 4 heteroatoms. The van der Waals surface area contributed by atoms with Gasteiger partial charge in [0, 0.05) is 61.3 Å². The molecule has 0 atom stereocenters. The van der Waals surface area contributed by atoms with Crippen molar-refractivity contribution in [3.05, 3.63) is 88.7 Å². The number of aromatic amines is 2. The zero-order valence-electron chi connectivity index (χ0n) is 14.5. The molecule has 2 heterocycles. The summed E-state index contributed by atoms with van der Waals surface area (Å²) in [4.78, 5) is 6.95. The van der Waals surface area contributed by atoms with Crippen LogP contribution in [-0.4, -0.2) is 15.1 Å². The summed E-state index contributed by atoms with van der Waals surface area (Å²) in [6.45, 7) is 0. The number of aromatic nitrogens is 2. The standard InChI is InChI=1S/C23H17BrN2O/c24-15-9-10-22(27)14(11-15)12-21-23(17-6-2-4-8-20(17)26-21)18-13-25-19-7-3-1-5-16(18)19/h1-11,13,25-27H,12H2. The van der Waals surface area contributed by atoms with Crippen molar-refractivity contribution in [2.45, 2.75) is 6.42 Å². The van der Waals surface area contributed by atoms with Crippen LogP contribution in [0.3, 0.4) is 0 Å². The first-order valence-corrected chi connectivity index (χ1v) is 9.63. The van der Waals surface area contributed by atoms with Gasteiger partial charge in [-0.25, -0.2) is 0 Å². The maximum absolute atomic E-state index is 10.3. The van der Waals surface area contributed by atoms with Gasteiger partial charge in [0.1, 0.15) is 5.75 Å². The predicted octanol–water partition coefficient (Wildman–Crippen LogP) is 6.38. The van der Waals surface area contributed by atoms with Gasteiger partial charge < -0.3 is 15.1 Å². The molecule has 0 spiro atoms. The average molecular weight is 417 g/mol. The van der Waals surface area contributed by atoms with Crippen molar-refractivity contribution in [1.82, 2.24) is 9.97 Å². The third-order valence-electron chi connectivity index (χ3n) is 5.05. The third-order valence-corrected chi connectivity index (χ3v) is 5.54. The highest BCUT2D eigenvalue weighted by molar-refractivity contribution is 9.10. The minimum atomic E-state index is 0.307. The molecule has 5 aromatic rings. The molecule has 3 N–H and O–H groups in total. The van der Waals surface area contributed by atoms with E-state index in [1.807, 2.05) is 24.3 Å². The van der Waals surface area contributed by atoms with Gasteiger partial charge >= 0.3 is 0 Å². The van der Waals surface area contributed by atoms with Crippen LogP contribution in [0.25, 0.3) is 32.9 Å². The van der Waals surface area contributed by atoms with E-state index >= 15 is 0 Å². The van der Waals surface area contributed by atoms with Gasteiger partial charge in [0.15, 0.2) is 0 Å². The Morgan fingerprint density at radius 1 is 0.852 bits per heavy atom. The Balaban J connectivity index is 1.76. The van der Waals surface area contributed by atoms with Crippen LogP contribution in [0.5, 0.6) is 5.75 Å². The number of benzene rings is 3. The van der Waals surface area contributed by atoms with Crippen molar-refractivity contribution in [2.24, 2.45) is 0 Å². The second-order valence-electron chi connectivity index (χ2n) is 6.72. The zero-order valence-corrected chi connectivity index (χ0v) is 16.0. The van der Waals surface area contributed by atoms with Crippen molar-refractivity contribution in [2.75, 3.05) is 0 Å². The van der Waals surface area contributed by atoms with Crippen molar-refractivity contribution in [3.8, 4) is 16.9 Å². The van der Waals surface area contributed by atoms with E-state index < -0.39 is 0 Å². The molecular weight excluding hydrogens is 400 g/mol. The predicted molar refractivity (Wildman–Crippen MR) is 114 cm³/mol. The van der Waals surface area contributed by atoms with Crippen LogP contribution in [0, 0.1) is 0 Å². The molecule has 0 saturated heterocycles. The van der Waals surface area contributed by atoms with Gasteiger partial charge in [-0.1, -0.05) is 52.3 Å². The fraction of sp³-hybridized carbons (Fsp3) is 0.0435. The van der Waals surface area contributed by atoms with Gasteiger partial charge in [0.05, 0.1) is 0 Å². The second-order valence-corrected chi connectivity index (χ2v) is 7.64. The molecule has 0 fully saturated rings. The molecule has 0 aliphatic carbocycles. The largest absolute Gasteiger partial charge is 0.508 e. The summed E-state index contributed by atoms with van der Waals surface area (Å²) in [6.07, 6.45) is 2.69. The SMILES string of the molecule is Oc1ccc(Br)cc1Cc1[nH]c2ccccc2c1-c1c[nH]c2ccccc12. The Kier molecular flexibility index (Phi) is 3.80. The number of H-pyrrole nitrogens is 2. The first kappa shape index (κ1) is 16.2. The quantitative estimate of drug-likeness (QED) is 0.314. The summed E-state index contributed by atoms with van der Waals surface area (Å²) >= 11 is 3.51. The highest BCUT2D eigenvalue weighted by atomic mass is 79.9. The van der Waals surface area contributed by atoms with Gasteiger partial charge in [0.2, 0.25) is 0 Å². The summed E-state index contributed by atoms with van der Waals surface area (Å²) in [5, 5.41) is 12.7. The van der Waals surface area contributed by atoms with E-state index in [4.69, 9.17) is 0 Å². The second kappa shape index (κ2) is 6.32. The lowest BCUT2D eigenvalue weighted by Crippen LogP contribution is -1.92. The van der Waals surface area contributed by atoms with E-state index in [9.17, 15) is 5.11 Å². The highest BCUT2D eigenvalue weighted by Gasteiger charge is 2.17. The summed E-state index contributed by atoms with van der Waals surface area (Å²) in [6, 6.07) is 22.2. The Hall–Kier alpha value is -2.98. The monoisotopic (exact) mass is 416 g/mol. The maximum atomic E-state index is 10.3. The summed E-state index contributed by atoms with van der Waals surface area (Å²) in [5.41, 5.74) is 6.55. The molecule has 3 nitrogen and oxygen atoms in total. The number of hydrogen-bond donors (Lipinski definition) is 3. The highest BCUT2D eigenvalue weighted by Crippen LogP contribution is 2.38. The average Bonchev–Trinajstić information content (AvgIpc) is 3.25. The molecule has 27 heavy (non-hydrogen) atoms. The zero-order chi connectivity index (χ0) is 18.4. The molecule has 0 unspecified atom stereocenters. The van der Waals surface area contributed by atoms with Crippen molar-refractivity contribution in [1.29, 1.82) is 0 Å². The van der Waals surface area contributed by atoms with Crippen LogP contribution >= 0.6 is 15.9 Å². The Bertz CT molecular complexity index is 1280. The summed E-state index contributed by atoms with van der Waals surface area (Å²) < 4.78 is 0.958. The Morgan fingerprint density at radius 3 is 2.44 bits per heavy atom. The lowest BCUT2D eigenvalue weighted by atomic mass is 9.98. The molecule has 3 aromatic carbocycles. The number of fused-ring (bicyclic) bond motifs is 2.